The van der Waals surface area contributed by atoms with Crippen LogP contribution in [0.5, 0.6) is 0 Å². The summed E-state index contributed by atoms with van der Waals surface area (Å²) in [7, 11) is 0. The van der Waals surface area contributed by atoms with Crippen LogP contribution in [0.4, 0.5) is 5.69 Å². The number of carbonyl (C=O) groups excluding carboxylic acids is 1. The van der Waals surface area contributed by atoms with Gasteiger partial charge in [0.05, 0.1) is 22.9 Å². The highest BCUT2D eigenvalue weighted by Crippen LogP contribution is 2.20. The fourth-order valence-electron chi connectivity index (χ4n) is 2.35. The molecule has 3 rings (SSSR count). The quantitative estimate of drug-likeness (QED) is 0.691. The first-order valence-electron chi connectivity index (χ1n) is 7.17. The Hall–Kier alpha value is -2.69. The zero-order valence-corrected chi connectivity index (χ0v) is 12.5. The molecule has 0 radical (unpaired) electrons. The summed E-state index contributed by atoms with van der Waals surface area (Å²) in [6, 6.07) is 11.0. The molecule has 5 nitrogen and oxygen atoms in total. The maximum absolute atomic E-state index is 11.6. The van der Waals surface area contributed by atoms with Crippen molar-refractivity contribution in [3.05, 3.63) is 63.8 Å². The first kappa shape index (κ1) is 14.3. The summed E-state index contributed by atoms with van der Waals surface area (Å²) in [6.45, 7) is 4.10. The molecule has 0 bridgehead atoms. The summed E-state index contributed by atoms with van der Waals surface area (Å²) in [4.78, 5) is 20.8. The molecule has 0 spiro atoms. The fourth-order valence-corrected chi connectivity index (χ4v) is 2.35. The average Bonchev–Trinajstić information content (AvgIpc) is 2.91. The number of rotatable bonds is 3. The lowest BCUT2D eigenvalue weighted by molar-refractivity contribution is 0.0526. The zero-order chi connectivity index (χ0) is 15.7. The van der Waals surface area contributed by atoms with E-state index in [1.807, 2.05) is 31.2 Å². The molecule has 2 aromatic rings. The van der Waals surface area contributed by atoms with Crippen molar-refractivity contribution >= 4 is 11.7 Å². The highest BCUT2D eigenvalue weighted by molar-refractivity contribution is 5.89. The van der Waals surface area contributed by atoms with Crippen LogP contribution in [0.1, 0.15) is 34.6 Å². The molecule has 0 saturated carbocycles. The highest BCUT2D eigenvalue weighted by Gasteiger charge is 2.14. The van der Waals surface area contributed by atoms with Crippen LogP contribution in [0.2, 0.25) is 0 Å². The molecule has 1 heterocycles. The summed E-state index contributed by atoms with van der Waals surface area (Å²) < 4.78 is 4.97. The summed E-state index contributed by atoms with van der Waals surface area (Å²) in [5.41, 5.74) is 9.08. The van der Waals surface area contributed by atoms with Crippen LogP contribution in [-0.2, 0) is 4.74 Å². The smallest absolute Gasteiger partial charge is 0.338 e. The summed E-state index contributed by atoms with van der Waals surface area (Å²) >= 11 is 0. The van der Waals surface area contributed by atoms with Crippen molar-refractivity contribution in [2.45, 2.75) is 20.0 Å². The number of benzene rings is 2. The van der Waals surface area contributed by atoms with Gasteiger partial charge in [-0.15, -0.1) is 0 Å². The number of anilines is 1. The Labute approximate surface area is 128 Å². The van der Waals surface area contributed by atoms with Crippen LogP contribution in [0, 0.1) is 6.92 Å². The summed E-state index contributed by atoms with van der Waals surface area (Å²) in [5, 5.41) is 1.66. The van der Waals surface area contributed by atoms with Gasteiger partial charge in [-0.05, 0) is 49.2 Å². The largest absolute Gasteiger partial charge is 0.462 e. The number of hydrogen-bond donors (Lipinski definition) is 1. The van der Waals surface area contributed by atoms with Gasteiger partial charge >= 0.3 is 5.97 Å². The van der Waals surface area contributed by atoms with E-state index < -0.39 is 0 Å². The van der Waals surface area contributed by atoms with E-state index >= 15 is 0 Å². The number of carbonyl (C=O) groups is 1. The molecule has 2 aromatic carbocycles. The van der Waals surface area contributed by atoms with Gasteiger partial charge in [0, 0.05) is 5.69 Å². The zero-order valence-electron chi connectivity index (χ0n) is 12.5. The number of nitrogens with zero attached hydrogens (tertiary/aromatic N) is 2. The van der Waals surface area contributed by atoms with Gasteiger partial charge in [-0.3, -0.25) is 9.98 Å². The molecule has 112 valence electrons. The molecule has 0 amide bonds. The van der Waals surface area contributed by atoms with E-state index in [0.717, 1.165) is 27.5 Å². The van der Waals surface area contributed by atoms with Crippen LogP contribution in [0.3, 0.4) is 0 Å². The third kappa shape index (κ3) is 2.57. The lowest BCUT2D eigenvalue weighted by Gasteiger charge is -2.06. The van der Waals surface area contributed by atoms with Crippen molar-refractivity contribution in [2.24, 2.45) is 9.98 Å². The first-order valence-corrected chi connectivity index (χ1v) is 7.17. The third-order valence-corrected chi connectivity index (χ3v) is 3.61. The van der Waals surface area contributed by atoms with E-state index in [4.69, 9.17) is 10.5 Å². The van der Waals surface area contributed by atoms with Gasteiger partial charge in [0.15, 0.2) is 6.17 Å². The van der Waals surface area contributed by atoms with Crippen LogP contribution in [-0.4, -0.2) is 12.6 Å². The standard InChI is InChI=1S/C17H17N3O2/c1-3-22-17(21)12-6-4-11(5-7-12)16-19-14-8-10(2)13(18)9-15(14)20-16/h4-9,16H,3,18H2,1-2H3/t16-/m0/s1. The Morgan fingerprint density at radius 3 is 2.45 bits per heavy atom. The molecule has 1 aliphatic heterocycles. The Balaban J connectivity index is 1.90. The maximum Gasteiger partial charge on any atom is 0.338 e. The number of aryl methyl sites for hydroxylation is 1. The molecule has 0 aromatic heterocycles. The molecule has 0 fully saturated rings. The van der Waals surface area contributed by atoms with E-state index in [1.165, 1.54) is 0 Å². The van der Waals surface area contributed by atoms with Crippen LogP contribution in [0.15, 0.2) is 46.4 Å². The van der Waals surface area contributed by atoms with Crippen molar-refractivity contribution in [2.75, 3.05) is 12.3 Å². The number of hydrogen-bond acceptors (Lipinski definition) is 5. The predicted molar refractivity (Wildman–Crippen MR) is 83.0 cm³/mol. The minimum absolute atomic E-state index is 0.285. The Kier molecular flexibility index (Phi) is 3.63. The Bertz CT molecular complexity index is 800. The number of ether oxygens (including phenoxy) is 1. The number of nitrogen functional groups attached to an aromatic ring is 1. The highest BCUT2D eigenvalue weighted by atomic mass is 16.5. The van der Waals surface area contributed by atoms with Crippen molar-refractivity contribution in [3.63, 3.8) is 0 Å². The van der Waals surface area contributed by atoms with Gasteiger partial charge in [-0.2, -0.15) is 0 Å². The van der Waals surface area contributed by atoms with Gasteiger partial charge in [0.25, 0.3) is 0 Å². The summed E-state index contributed by atoms with van der Waals surface area (Å²) in [5.74, 6) is -0.318. The second-order valence-corrected chi connectivity index (χ2v) is 5.17. The minimum Gasteiger partial charge on any atom is -0.462 e. The Morgan fingerprint density at radius 1 is 1.18 bits per heavy atom. The maximum atomic E-state index is 11.6. The van der Waals surface area contributed by atoms with Crippen LogP contribution < -0.4 is 16.4 Å². The molecule has 2 N–H and O–H groups in total. The molecule has 1 aliphatic rings. The average molecular weight is 295 g/mol. The molecular formula is C17H17N3O2. The third-order valence-electron chi connectivity index (χ3n) is 3.61. The topological polar surface area (TPSA) is 77.0 Å². The number of nitrogens with two attached hydrogens (primary N) is 1. The molecule has 22 heavy (non-hydrogen) atoms. The Morgan fingerprint density at radius 2 is 1.82 bits per heavy atom. The SMILES string of the molecule is CCOC(=O)c1ccc([C@H]2N=c3cc(C)c(N)cc3=N2)cc1. The number of esters is 1. The van der Waals surface area contributed by atoms with E-state index in [2.05, 4.69) is 9.98 Å². The van der Waals surface area contributed by atoms with E-state index in [9.17, 15) is 4.79 Å². The lowest BCUT2D eigenvalue weighted by atomic mass is 10.1. The predicted octanol–water partition coefficient (Wildman–Crippen LogP) is 1.71. The minimum atomic E-state index is -0.318. The van der Waals surface area contributed by atoms with Gasteiger partial charge in [-0.1, -0.05) is 12.1 Å². The van der Waals surface area contributed by atoms with Crippen LogP contribution >= 0.6 is 0 Å². The van der Waals surface area contributed by atoms with Crippen molar-refractivity contribution in [1.82, 2.24) is 0 Å². The lowest BCUT2D eigenvalue weighted by Crippen LogP contribution is -2.22. The number of fused-ring (bicyclic) bond motifs is 1. The van der Waals surface area contributed by atoms with Gasteiger partial charge in [-0.25, -0.2) is 4.79 Å². The monoisotopic (exact) mass is 295 g/mol. The normalized spacial score (nSPS) is 15.6. The van der Waals surface area contributed by atoms with Crippen molar-refractivity contribution in [3.8, 4) is 0 Å². The van der Waals surface area contributed by atoms with Gasteiger partial charge < -0.3 is 10.5 Å². The van der Waals surface area contributed by atoms with Crippen molar-refractivity contribution in [1.29, 1.82) is 0 Å². The van der Waals surface area contributed by atoms with Gasteiger partial charge in [0.1, 0.15) is 0 Å². The van der Waals surface area contributed by atoms with Crippen molar-refractivity contribution < 1.29 is 9.53 Å². The molecule has 1 atom stereocenters. The van der Waals surface area contributed by atoms with E-state index in [-0.39, 0.29) is 12.1 Å². The second kappa shape index (κ2) is 5.60. The first-order chi connectivity index (χ1) is 10.6. The summed E-state index contributed by atoms with van der Waals surface area (Å²) in [6.07, 6.45) is -0.285. The van der Waals surface area contributed by atoms with Gasteiger partial charge in [0.2, 0.25) is 0 Å². The molecule has 5 heteroatoms. The molecule has 0 saturated heterocycles. The fraction of sp³-hybridized carbons (Fsp3) is 0.235. The van der Waals surface area contributed by atoms with E-state index in [1.54, 1.807) is 19.1 Å². The second-order valence-electron chi connectivity index (χ2n) is 5.17. The molecular weight excluding hydrogens is 278 g/mol. The molecule has 0 aliphatic carbocycles. The van der Waals surface area contributed by atoms with Crippen LogP contribution in [0.25, 0.3) is 0 Å². The van der Waals surface area contributed by atoms with E-state index in [0.29, 0.717) is 12.2 Å². The molecule has 0 unspecified atom stereocenters.